The summed E-state index contributed by atoms with van der Waals surface area (Å²) in [4.78, 5) is 12.6. The van der Waals surface area contributed by atoms with Crippen LogP contribution in [0.1, 0.15) is 30.1 Å². The van der Waals surface area contributed by atoms with Crippen molar-refractivity contribution in [3.05, 3.63) is 57.7 Å². The van der Waals surface area contributed by atoms with Gasteiger partial charge in [-0.2, -0.15) is 4.31 Å². The molecule has 2 aromatic rings. The number of hydrogen-bond acceptors (Lipinski definition) is 4. The molecule has 1 aliphatic rings. The van der Waals surface area contributed by atoms with E-state index in [1.165, 1.54) is 12.1 Å². The van der Waals surface area contributed by atoms with Gasteiger partial charge in [0.1, 0.15) is 0 Å². The number of piperidine rings is 1. The van der Waals surface area contributed by atoms with E-state index >= 15 is 0 Å². The number of ketones is 1. The molecule has 0 radical (unpaired) electrons. The van der Waals surface area contributed by atoms with Crippen molar-refractivity contribution in [3.63, 3.8) is 0 Å². The lowest BCUT2D eigenvalue weighted by molar-refractivity contribution is 0.101. The summed E-state index contributed by atoms with van der Waals surface area (Å²) in [5.74, 6) is 0.487. The van der Waals surface area contributed by atoms with E-state index in [0.717, 1.165) is 22.1 Å². The molecule has 1 saturated heterocycles. The topological polar surface area (TPSA) is 66.5 Å². The predicted molar refractivity (Wildman–Crippen MR) is 116 cm³/mol. The van der Waals surface area contributed by atoms with E-state index in [1.807, 2.05) is 24.3 Å². The number of halogens is 1. The Morgan fingerprint density at radius 3 is 2.44 bits per heavy atom. The summed E-state index contributed by atoms with van der Waals surface area (Å²) in [7, 11) is -3.48. The fourth-order valence-corrected chi connectivity index (χ4v) is 5.08. The molecule has 0 aliphatic carbocycles. The van der Waals surface area contributed by atoms with E-state index in [-0.39, 0.29) is 17.2 Å². The Bertz CT molecular complexity index is 905. The molecule has 0 amide bonds. The summed E-state index contributed by atoms with van der Waals surface area (Å²) >= 11 is 2.22. The Kier molecular flexibility index (Phi) is 6.54. The van der Waals surface area contributed by atoms with Gasteiger partial charge >= 0.3 is 0 Å². The number of Topliss-reactive ketones (excluding diaryl/α,β-unsaturated/α-hetero) is 1. The first-order chi connectivity index (χ1) is 12.9. The van der Waals surface area contributed by atoms with Crippen LogP contribution in [0.25, 0.3) is 0 Å². The quantitative estimate of drug-likeness (QED) is 0.483. The Morgan fingerprint density at radius 2 is 1.81 bits per heavy atom. The minimum absolute atomic E-state index is 0.0791. The van der Waals surface area contributed by atoms with Crippen LogP contribution in [0.2, 0.25) is 0 Å². The second kappa shape index (κ2) is 8.70. The van der Waals surface area contributed by atoms with E-state index < -0.39 is 10.0 Å². The van der Waals surface area contributed by atoms with Gasteiger partial charge in [-0.3, -0.25) is 4.79 Å². The van der Waals surface area contributed by atoms with E-state index in [0.29, 0.717) is 24.6 Å². The largest absolute Gasteiger partial charge is 0.378 e. The summed E-state index contributed by atoms with van der Waals surface area (Å²) in [6.07, 6.45) is 1.78. The molecule has 0 saturated carbocycles. The summed E-state index contributed by atoms with van der Waals surface area (Å²) in [5.41, 5.74) is 1.38. The van der Waals surface area contributed by atoms with E-state index in [1.54, 1.807) is 16.4 Å². The Hall–Kier alpha value is -1.45. The summed E-state index contributed by atoms with van der Waals surface area (Å²) in [6.45, 7) is 3.43. The number of nitrogens with zero attached hydrogens (tertiary/aromatic N) is 1. The first-order valence-corrected chi connectivity index (χ1v) is 11.5. The van der Waals surface area contributed by atoms with Crippen LogP contribution in [0.4, 0.5) is 5.69 Å². The van der Waals surface area contributed by atoms with Gasteiger partial charge in [-0.25, -0.2) is 8.42 Å². The molecule has 0 spiro atoms. The van der Waals surface area contributed by atoms with E-state index in [2.05, 4.69) is 34.8 Å². The molecule has 0 bridgehead atoms. The first-order valence-electron chi connectivity index (χ1n) is 8.99. The third-order valence-corrected chi connectivity index (χ3v) is 7.42. The minimum atomic E-state index is -3.48. The molecule has 7 heteroatoms. The number of rotatable bonds is 6. The molecule has 0 aromatic heterocycles. The first kappa shape index (κ1) is 20.3. The zero-order chi connectivity index (χ0) is 19.4. The predicted octanol–water partition coefficient (Wildman–Crippen LogP) is 4.01. The van der Waals surface area contributed by atoms with E-state index in [4.69, 9.17) is 0 Å². The van der Waals surface area contributed by atoms with Crippen molar-refractivity contribution in [1.82, 2.24) is 4.31 Å². The highest BCUT2D eigenvalue weighted by molar-refractivity contribution is 14.1. The number of hydrogen-bond donors (Lipinski definition) is 1. The van der Waals surface area contributed by atoms with Crippen LogP contribution in [0, 0.1) is 9.49 Å². The van der Waals surface area contributed by atoms with Crippen LogP contribution in [0.3, 0.4) is 0 Å². The molecule has 1 fully saturated rings. The second-order valence-corrected chi connectivity index (χ2v) is 10.1. The van der Waals surface area contributed by atoms with Gasteiger partial charge in [-0.05, 0) is 83.8 Å². The lowest BCUT2D eigenvalue weighted by atomic mass is 10.0. The Labute approximate surface area is 174 Å². The van der Waals surface area contributed by atoms with Gasteiger partial charge in [0.15, 0.2) is 5.78 Å². The van der Waals surface area contributed by atoms with Gasteiger partial charge in [-0.15, -0.1) is 0 Å². The third-order valence-electron chi connectivity index (χ3n) is 4.83. The number of carbonyl (C=O) groups is 1. The fourth-order valence-electron chi connectivity index (χ4n) is 3.07. The number of nitrogens with one attached hydrogen (secondary N) is 1. The Balaban J connectivity index is 1.64. The van der Waals surface area contributed by atoms with Gasteiger partial charge in [0.05, 0.1) is 11.4 Å². The van der Waals surface area contributed by atoms with Gasteiger partial charge < -0.3 is 5.32 Å². The summed E-state index contributed by atoms with van der Waals surface area (Å²) in [6, 6.07) is 14.0. The molecule has 2 aromatic carbocycles. The molecule has 0 atom stereocenters. The third kappa shape index (κ3) is 5.08. The smallest absolute Gasteiger partial charge is 0.243 e. The summed E-state index contributed by atoms with van der Waals surface area (Å²) < 4.78 is 28.1. The van der Waals surface area contributed by atoms with Gasteiger partial charge in [0.2, 0.25) is 10.0 Å². The van der Waals surface area contributed by atoms with Gasteiger partial charge in [0.25, 0.3) is 0 Å². The SMILES string of the molecule is CC1CCN(S(=O)(=O)c2ccc(C(=O)CNc3cccc(I)c3)cc2)CC1. The number of carbonyl (C=O) groups excluding carboxylic acids is 1. The molecular formula is C20H23IN2O3S. The highest BCUT2D eigenvalue weighted by Crippen LogP contribution is 2.23. The van der Waals surface area contributed by atoms with Crippen molar-refractivity contribution in [3.8, 4) is 0 Å². The van der Waals surface area contributed by atoms with Crippen molar-refractivity contribution < 1.29 is 13.2 Å². The second-order valence-electron chi connectivity index (χ2n) is 6.90. The highest BCUT2D eigenvalue weighted by Gasteiger charge is 2.28. The highest BCUT2D eigenvalue weighted by atomic mass is 127. The lowest BCUT2D eigenvalue weighted by Crippen LogP contribution is -2.37. The molecule has 1 aliphatic heterocycles. The molecular weight excluding hydrogens is 475 g/mol. The molecule has 5 nitrogen and oxygen atoms in total. The summed E-state index contributed by atoms with van der Waals surface area (Å²) in [5, 5.41) is 3.10. The Morgan fingerprint density at radius 1 is 1.15 bits per heavy atom. The maximum absolute atomic E-state index is 12.7. The zero-order valence-corrected chi connectivity index (χ0v) is 18.2. The van der Waals surface area contributed by atoms with Crippen LogP contribution in [0.5, 0.6) is 0 Å². The zero-order valence-electron chi connectivity index (χ0n) is 15.2. The van der Waals surface area contributed by atoms with Crippen molar-refractivity contribution in [2.24, 2.45) is 5.92 Å². The van der Waals surface area contributed by atoms with Crippen LogP contribution >= 0.6 is 22.6 Å². The van der Waals surface area contributed by atoms with Crippen molar-refractivity contribution in [1.29, 1.82) is 0 Å². The number of benzene rings is 2. The average molecular weight is 498 g/mol. The molecule has 3 rings (SSSR count). The standard InChI is InChI=1S/C20H23IN2O3S/c1-15-9-11-23(12-10-15)27(25,26)19-7-5-16(6-8-19)20(24)14-22-18-4-2-3-17(21)13-18/h2-8,13,15,22H,9-12,14H2,1H3. The fraction of sp³-hybridized carbons (Fsp3) is 0.350. The molecule has 1 N–H and O–H groups in total. The average Bonchev–Trinajstić information content (AvgIpc) is 2.66. The minimum Gasteiger partial charge on any atom is -0.378 e. The van der Waals surface area contributed by atoms with Crippen molar-refractivity contribution >= 4 is 44.1 Å². The molecule has 0 unspecified atom stereocenters. The number of anilines is 1. The van der Waals surface area contributed by atoms with Gasteiger partial charge in [-0.1, -0.05) is 13.0 Å². The van der Waals surface area contributed by atoms with Crippen LogP contribution in [0.15, 0.2) is 53.4 Å². The monoisotopic (exact) mass is 498 g/mol. The maximum atomic E-state index is 12.7. The number of sulfonamides is 1. The van der Waals surface area contributed by atoms with Crippen LogP contribution < -0.4 is 5.32 Å². The maximum Gasteiger partial charge on any atom is 0.243 e. The molecule has 144 valence electrons. The molecule has 1 heterocycles. The van der Waals surface area contributed by atoms with Crippen molar-refractivity contribution in [2.75, 3.05) is 25.0 Å². The van der Waals surface area contributed by atoms with E-state index in [9.17, 15) is 13.2 Å². The van der Waals surface area contributed by atoms with Gasteiger partial charge in [0, 0.05) is 27.9 Å². The normalized spacial score (nSPS) is 16.2. The lowest BCUT2D eigenvalue weighted by Gasteiger charge is -2.29. The van der Waals surface area contributed by atoms with Crippen LogP contribution in [-0.2, 0) is 10.0 Å². The molecule has 27 heavy (non-hydrogen) atoms. The van der Waals surface area contributed by atoms with Crippen LogP contribution in [-0.4, -0.2) is 38.1 Å². The van der Waals surface area contributed by atoms with Crippen molar-refractivity contribution in [2.45, 2.75) is 24.7 Å².